The van der Waals surface area contributed by atoms with Gasteiger partial charge in [0.1, 0.15) is 0 Å². The van der Waals surface area contributed by atoms with Crippen molar-refractivity contribution in [3.63, 3.8) is 0 Å². The van der Waals surface area contributed by atoms with Gasteiger partial charge < -0.3 is 5.21 Å². The van der Waals surface area contributed by atoms with E-state index in [4.69, 9.17) is 5.21 Å². The average Bonchev–Trinajstić information content (AvgIpc) is 2.03. The van der Waals surface area contributed by atoms with Crippen LogP contribution >= 0.6 is 0 Å². The summed E-state index contributed by atoms with van der Waals surface area (Å²) in [5.74, 6) is 0. The van der Waals surface area contributed by atoms with Crippen molar-refractivity contribution in [3.05, 3.63) is 42.3 Å². The Balaban J connectivity index is 3.06. The molecular weight excluding hydrogens is 138 g/mol. The molecule has 0 aliphatic carbocycles. The average molecular weight is 148 g/mol. The van der Waals surface area contributed by atoms with Crippen molar-refractivity contribution in [2.24, 2.45) is 5.16 Å². The van der Waals surface area contributed by atoms with Gasteiger partial charge >= 0.3 is 0 Å². The molecule has 0 spiro atoms. The Morgan fingerprint density at radius 2 is 2.27 bits per heavy atom. The van der Waals surface area contributed by atoms with Crippen LogP contribution in [0, 0.1) is 6.92 Å². The minimum atomic E-state index is 0.607. The molecule has 0 amide bonds. The van der Waals surface area contributed by atoms with Crippen molar-refractivity contribution in [3.8, 4) is 0 Å². The molecule has 0 saturated carbocycles. The molecule has 0 unspecified atom stereocenters. The van der Waals surface area contributed by atoms with Gasteiger partial charge in [0.05, 0.1) is 5.71 Å². The molecule has 2 heteroatoms. The van der Waals surface area contributed by atoms with Crippen molar-refractivity contribution in [1.29, 1.82) is 0 Å². The Morgan fingerprint density at radius 3 is 2.82 bits per heavy atom. The molecule has 1 aromatic carbocycles. The number of hydrogen-bond acceptors (Lipinski definition) is 2. The van der Waals surface area contributed by atoms with Gasteiger partial charge in [-0.3, -0.25) is 0 Å². The fourth-order valence-corrected chi connectivity index (χ4v) is 0.854. The van der Waals surface area contributed by atoms with Gasteiger partial charge in [0, 0.05) is 0 Å². The zero-order valence-corrected chi connectivity index (χ0v) is 6.41. The van der Waals surface area contributed by atoms with Crippen LogP contribution in [0.2, 0.25) is 0 Å². The minimum Gasteiger partial charge on any atom is -0.411 e. The summed E-state index contributed by atoms with van der Waals surface area (Å²) >= 11 is 0. The van der Waals surface area contributed by atoms with Crippen molar-refractivity contribution >= 4 is 5.71 Å². The first-order chi connectivity index (χ1) is 5.24. The maximum Gasteiger partial charge on any atom is 0.0837 e. The number of benzene rings is 1. The van der Waals surface area contributed by atoms with Gasteiger partial charge in [-0.2, -0.15) is 0 Å². The molecule has 0 fully saturated rings. The first-order valence-corrected chi connectivity index (χ1v) is 3.35. The van der Waals surface area contributed by atoms with E-state index in [1.807, 2.05) is 24.3 Å². The van der Waals surface area contributed by atoms with Crippen LogP contribution < -0.4 is 0 Å². The summed E-state index contributed by atoms with van der Waals surface area (Å²) in [6, 6.07) is 7.53. The second kappa shape index (κ2) is 3.19. The highest BCUT2D eigenvalue weighted by molar-refractivity contribution is 5.98. The number of oxime groups is 1. The highest BCUT2D eigenvalue weighted by Gasteiger charge is 1.95. The fraction of sp³-hybridized carbons (Fsp3) is 0.111. The van der Waals surface area contributed by atoms with Gasteiger partial charge in [-0.1, -0.05) is 23.4 Å². The minimum absolute atomic E-state index is 0.607. The zero-order valence-electron chi connectivity index (χ0n) is 6.41. The molecule has 1 aromatic rings. The quantitative estimate of drug-likeness (QED) is 0.369. The molecule has 0 aliphatic heterocycles. The van der Waals surface area contributed by atoms with Crippen LogP contribution in [0.3, 0.4) is 0 Å². The molecule has 1 N–H and O–H groups in total. The van der Waals surface area contributed by atoms with Gasteiger partial charge in [-0.05, 0) is 31.0 Å². The standard InChI is InChI=1S/C9H10NO/c1-7-4-3-5-9(6-7)8(2)10-11/h3-6,11H,1H2,2H3. The Bertz CT molecular complexity index is 279. The van der Waals surface area contributed by atoms with Crippen LogP contribution in [0.5, 0.6) is 0 Å². The van der Waals surface area contributed by atoms with E-state index in [2.05, 4.69) is 12.1 Å². The predicted molar refractivity (Wildman–Crippen MR) is 44.9 cm³/mol. The lowest BCUT2D eigenvalue weighted by molar-refractivity contribution is 0.319. The molecule has 0 aliphatic rings. The molecule has 0 bridgehead atoms. The van der Waals surface area contributed by atoms with E-state index in [0.29, 0.717) is 5.71 Å². The maximum absolute atomic E-state index is 8.45. The van der Waals surface area contributed by atoms with E-state index in [1.54, 1.807) is 6.92 Å². The van der Waals surface area contributed by atoms with E-state index in [9.17, 15) is 0 Å². The van der Waals surface area contributed by atoms with E-state index in [0.717, 1.165) is 11.1 Å². The lowest BCUT2D eigenvalue weighted by Crippen LogP contribution is -1.93. The van der Waals surface area contributed by atoms with E-state index in [1.165, 1.54) is 0 Å². The Labute approximate surface area is 66.2 Å². The smallest absolute Gasteiger partial charge is 0.0837 e. The van der Waals surface area contributed by atoms with Gasteiger partial charge in [0.25, 0.3) is 0 Å². The highest BCUT2D eigenvalue weighted by atomic mass is 16.4. The third kappa shape index (κ3) is 1.80. The van der Waals surface area contributed by atoms with E-state index >= 15 is 0 Å². The van der Waals surface area contributed by atoms with Gasteiger partial charge in [0.2, 0.25) is 0 Å². The second-order valence-electron chi connectivity index (χ2n) is 2.39. The molecule has 1 rings (SSSR count). The van der Waals surface area contributed by atoms with Crippen molar-refractivity contribution in [2.45, 2.75) is 6.92 Å². The molecule has 0 heterocycles. The number of nitrogens with zero attached hydrogens (tertiary/aromatic N) is 1. The highest BCUT2D eigenvalue weighted by Crippen LogP contribution is 2.04. The largest absolute Gasteiger partial charge is 0.411 e. The normalized spacial score (nSPS) is 11.6. The third-order valence-electron chi connectivity index (χ3n) is 1.49. The lowest BCUT2D eigenvalue weighted by Gasteiger charge is -1.98. The van der Waals surface area contributed by atoms with Crippen LogP contribution in [0.1, 0.15) is 18.1 Å². The summed E-state index contributed by atoms with van der Waals surface area (Å²) < 4.78 is 0. The van der Waals surface area contributed by atoms with Gasteiger partial charge in [0.15, 0.2) is 0 Å². The molecule has 0 aromatic heterocycles. The number of rotatable bonds is 1. The molecule has 1 radical (unpaired) electrons. The Kier molecular flexibility index (Phi) is 2.26. The number of hydrogen-bond donors (Lipinski definition) is 1. The molecule has 57 valence electrons. The Hall–Kier alpha value is -1.31. The molecule has 11 heavy (non-hydrogen) atoms. The van der Waals surface area contributed by atoms with E-state index < -0.39 is 0 Å². The van der Waals surface area contributed by atoms with Crippen molar-refractivity contribution in [2.75, 3.05) is 0 Å². The monoisotopic (exact) mass is 148 g/mol. The summed E-state index contributed by atoms with van der Waals surface area (Å²) in [5, 5.41) is 11.5. The van der Waals surface area contributed by atoms with E-state index in [-0.39, 0.29) is 0 Å². The van der Waals surface area contributed by atoms with Crippen LogP contribution in [0.15, 0.2) is 29.4 Å². The second-order valence-corrected chi connectivity index (χ2v) is 2.39. The topological polar surface area (TPSA) is 32.6 Å². The van der Waals surface area contributed by atoms with Crippen LogP contribution in [-0.2, 0) is 0 Å². The van der Waals surface area contributed by atoms with Crippen LogP contribution in [0.4, 0.5) is 0 Å². The summed E-state index contributed by atoms with van der Waals surface area (Å²) in [7, 11) is 0. The first-order valence-electron chi connectivity index (χ1n) is 3.35. The molecule has 0 atom stereocenters. The first kappa shape index (κ1) is 7.79. The van der Waals surface area contributed by atoms with Crippen molar-refractivity contribution < 1.29 is 5.21 Å². The summed E-state index contributed by atoms with van der Waals surface area (Å²) in [6.07, 6.45) is 0. The SMILES string of the molecule is [CH2]c1cccc(C(C)=NO)c1. The summed E-state index contributed by atoms with van der Waals surface area (Å²) in [4.78, 5) is 0. The molecular formula is C9H10NO. The zero-order chi connectivity index (χ0) is 8.27. The van der Waals surface area contributed by atoms with Crippen LogP contribution in [-0.4, -0.2) is 10.9 Å². The third-order valence-corrected chi connectivity index (χ3v) is 1.49. The lowest BCUT2D eigenvalue weighted by atomic mass is 10.1. The van der Waals surface area contributed by atoms with Gasteiger partial charge in [-0.25, -0.2) is 0 Å². The fourth-order valence-electron chi connectivity index (χ4n) is 0.854. The molecule has 0 saturated heterocycles. The maximum atomic E-state index is 8.45. The van der Waals surface area contributed by atoms with Gasteiger partial charge in [-0.15, -0.1) is 0 Å². The molecule has 2 nitrogen and oxygen atoms in total. The summed E-state index contributed by atoms with van der Waals surface area (Å²) in [6.45, 7) is 5.51. The summed E-state index contributed by atoms with van der Waals surface area (Å²) in [5.41, 5.74) is 2.43. The Morgan fingerprint density at radius 1 is 1.55 bits per heavy atom. The predicted octanol–water partition coefficient (Wildman–Crippen LogP) is 2.07. The van der Waals surface area contributed by atoms with Crippen LogP contribution in [0.25, 0.3) is 0 Å². The van der Waals surface area contributed by atoms with Crippen molar-refractivity contribution in [1.82, 2.24) is 0 Å².